The summed E-state index contributed by atoms with van der Waals surface area (Å²) < 4.78 is 23.9. The topological polar surface area (TPSA) is 34.4 Å². The van der Waals surface area contributed by atoms with E-state index in [1.54, 1.807) is 6.26 Å². The monoisotopic (exact) mass is 301 g/mol. The molecule has 3 nitrogen and oxygen atoms in total. The molecular formula is C18H20FNO2. The van der Waals surface area contributed by atoms with E-state index < -0.39 is 0 Å². The quantitative estimate of drug-likeness (QED) is 0.914. The minimum Gasteiger partial charge on any atom is -0.465 e. The van der Waals surface area contributed by atoms with Gasteiger partial charge in [-0.15, -0.1) is 0 Å². The van der Waals surface area contributed by atoms with Crippen molar-refractivity contribution in [3.8, 4) is 0 Å². The average molecular weight is 301 g/mol. The molecule has 22 heavy (non-hydrogen) atoms. The summed E-state index contributed by atoms with van der Waals surface area (Å²) >= 11 is 0. The third kappa shape index (κ3) is 3.46. The zero-order valence-electron chi connectivity index (χ0n) is 12.4. The van der Waals surface area contributed by atoms with Crippen molar-refractivity contribution in [2.45, 2.75) is 18.4 Å². The highest BCUT2D eigenvalue weighted by atomic mass is 19.1. The summed E-state index contributed by atoms with van der Waals surface area (Å²) in [4.78, 5) is 0. The van der Waals surface area contributed by atoms with Gasteiger partial charge in [0.15, 0.2) is 0 Å². The fourth-order valence-corrected chi connectivity index (χ4v) is 2.87. The Balaban J connectivity index is 1.70. The fourth-order valence-electron chi connectivity index (χ4n) is 2.87. The Labute approximate surface area is 129 Å². The van der Waals surface area contributed by atoms with E-state index in [0.717, 1.165) is 30.7 Å². The van der Waals surface area contributed by atoms with Gasteiger partial charge < -0.3 is 14.5 Å². The molecular weight excluding hydrogens is 281 g/mol. The van der Waals surface area contributed by atoms with Crippen LogP contribution in [0.3, 0.4) is 0 Å². The molecule has 1 N–H and O–H groups in total. The van der Waals surface area contributed by atoms with E-state index in [1.807, 2.05) is 36.4 Å². The van der Waals surface area contributed by atoms with Crippen molar-refractivity contribution < 1.29 is 13.5 Å². The summed E-state index contributed by atoms with van der Waals surface area (Å²) in [5.74, 6) is 0.633. The molecule has 0 saturated carbocycles. The molecule has 2 aromatic rings. The van der Waals surface area contributed by atoms with Crippen LogP contribution in [0.1, 0.15) is 24.2 Å². The zero-order chi connectivity index (χ0) is 15.3. The van der Waals surface area contributed by atoms with Crippen molar-refractivity contribution in [1.29, 1.82) is 0 Å². The van der Waals surface area contributed by atoms with E-state index in [2.05, 4.69) is 5.32 Å². The molecule has 3 rings (SSSR count). The van der Waals surface area contributed by atoms with Crippen LogP contribution in [0.4, 0.5) is 4.39 Å². The van der Waals surface area contributed by atoms with Gasteiger partial charge in [-0.3, -0.25) is 0 Å². The molecule has 0 bridgehead atoms. The number of hydrogen-bond donors (Lipinski definition) is 1. The SMILES string of the molecule is Fc1ccc(C2(NCC=Cc3ccco3)CCOCC2)cc1. The Hall–Kier alpha value is -1.91. The lowest BCUT2D eigenvalue weighted by atomic mass is 9.82. The summed E-state index contributed by atoms with van der Waals surface area (Å²) in [6.45, 7) is 2.15. The number of furan rings is 1. The van der Waals surface area contributed by atoms with Crippen molar-refractivity contribution >= 4 is 6.08 Å². The van der Waals surface area contributed by atoms with Crippen molar-refractivity contribution in [3.05, 3.63) is 65.9 Å². The molecule has 1 aromatic carbocycles. The number of rotatable bonds is 5. The first-order valence-electron chi connectivity index (χ1n) is 7.57. The second-order valence-electron chi connectivity index (χ2n) is 5.50. The van der Waals surface area contributed by atoms with Crippen LogP contribution in [0.15, 0.2) is 53.2 Å². The van der Waals surface area contributed by atoms with Crippen LogP contribution in [0.25, 0.3) is 6.08 Å². The number of nitrogens with one attached hydrogen (secondary N) is 1. The van der Waals surface area contributed by atoms with Crippen LogP contribution in [-0.2, 0) is 10.3 Å². The first-order chi connectivity index (χ1) is 10.8. The summed E-state index contributed by atoms with van der Waals surface area (Å²) in [6, 6.07) is 10.6. The lowest BCUT2D eigenvalue weighted by Crippen LogP contribution is -2.46. The third-order valence-electron chi connectivity index (χ3n) is 4.13. The Morgan fingerprint density at radius 3 is 2.59 bits per heavy atom. The van der Waals surface area contributed by atoms with E-state index in [9.17, 15) is 4.39 Å². The predicted molar refractivity (Wildman–Crippen MR) is 83.9 cm³/mol. The lowest BCUT2D eigenvalue weighted by molar-refractivity contribution is 0.0381. The van der Waals surface area contributed by atoms with E-state index in [-0.39, 0.29) is 11.4 Å². The van der Waals surface area contributed by atoms with Crippen LogP contribution in [-0.4, -0.2) is 19.8 Å². The fraction of sp³-hybridized carbons (Fsp3) is 0.333. The number of benzene rings is 1. The van der Waals surface area contributed by atoms with Crippen LogP contribution in [0.5, 0.6) is 0 Å². The summed E-state index contributed by atoms with van der Waals surface area (Å²) in [5.41, 5.74) is 0.961. The van der Waals surface area contributed by atoms with E-state index in [0.29, 0.717) is 13.2 Å². The second kappa shape index (κ2) is 6.90. The van der Waals surface area contributed by atoms with Crippen LogP contribution < -0.4 is 5.32 Å². The van der Waals surface area contributed by atoms with Gasteiger partial charge in [-0.1, -0.05) is 18.2 Å². The highest BCUT2D eigenvalue weighted by Crippen LogP contribution is 2.32. The average Bonchev–Trinajstić information content (AvgIpc) is 3.06. The van der Waals surface area contributed by atoms with Gasteiger partial charge in [-0.2, -0.15) is 0 Å². The van der Waals surface area contributed by atoms with Crippen molar-refractivity contribution in [1.82, 2.24) is 5.32 Å². The highest BCUT2D eigenvalue weighted by Gasteiger charge is 2.33. The molecule has 0 amide bonds. The molecule has 1 aromatic heterocycles. The molecule has 0 radical (unpaired) electrons. The maximum atomic E-state index is 13.2. The Morgan fingerprint density at radius 1 is 1.14 bits per heavy atom. The lowest BCUT2D eigenvalue weighted by Gasteiger charge is -2.38. The second-order valence-corrected chi connectivity index (χ2v) is 5.50. The van der Waals surface area contributed by atoms with Crippen molar-refractivity contribution in [2.75, 3.05) is 19.8 Å². The minimum absolute atomic E-state index is 0.153. The smallest absolute Gasteiger partial charge is 0.126 e. The van der Waals surface area contributed by atoms with Gasteiger partial charge in [0.2, 0.25) is 0 Å². The molecule has 0 aliphatic carbocycles. The van der Waals surface area contributed by atoms with E-state index >= 15 is 0 Å². The largest absolute Gasteiger partial charge is 0.465 e. The molecule has 0 atom stereocenters. The van der Waals surface area contributed by atoms with Gasteiger partial charge in [0.25, 0.3) is 0 Å². The van der Waals surface area contributed by atoms with Gasteiger partial charge in [-0.05, 0) is 48.7 Å². The van der Waals surface area contributed by atoms with Crippen molar-refractivity contribution in [2.24, 2.45) is 0 Å². The maximum Gasteiger partial charge on any atom is 0.126 e. The minimum atomic E-state index is -0.205. The summed E-state index contributed by atoms with van der Waals surface area (Å²) in [6.07, 6.45) is 7.41. The highest BCUT2D eigenvalue weighted by molar-refractivity contribution is 5.42. The number of ether oxygens (including phenoxy) is 1. The van der Waals surface area contributed by atoms with Crippen LogP contribution in [0, 0.1) is 5.82 Å². The predicted octanol–water partition coefficient (Wildman–Crippen LogP) is 3.73. The first kappa shape index (κ1) is 15.0. The standard InChI is InChI=1S/C18H20FNO2/c19-16-7-5-15(6-8-16)18(9-13-21-14-10-18)20-11-1-3-17-4-2-12-22-17/h1-8,12,20H,9-11,13-14H2. The molecule has 2 heterocycles. The molecule has 1 aliphatic rings. The van der Waals surface area contributed by atoms with E-state index in [1.165, 1.54) is 12.1 Å². The van der Waals surface area contributed by atoms with Gasteiger partial charge in [0, 0.05) is 25.3 Å². The molecule has 1 saturated heterocycles. The maximum absolute atomic E-state index is 13.2. The summed E-state index contributed by atoms with van der Waals surface area (Å²) in [7, 11) is 0. The van der Waals surface area contributed by atoms with Gasteiger partial charge in [0.1, 0.15) is 11.6 Å². The Bertz CT molecular complexity index is 599. The number of halogens is 1. The van der Waals surface area contributed by atoms with Gasteiger partial charge in [0.05, 0.1) is 6.26 Å². The van der Waals surface area contributed by atoms with E-state index in [4.69, 9.17) is 9.15 Å². The molecule has 1 fully saturated rings. The third-order valence-corrected chi connectivity index (χ3v) is 4.13. The molecule has 4 heteroatoms. The molecule has 0 unspecified atom stereocenters. The normalized spacial score (nSPS) is 17.9. The summed E-state index contributed by atoms with van der Waals surface area (Å²) in [5, 5.41) is 3.60. The van der Waals surface area contributed by atoms with Gasteiger partial charge >= 0.3 is 0 Å². The van der Waals surface area contributed by atoms with Crippen molar-refractivity contribution in [3.63, 3.8) is 0 Å². The molecule has 116 valence electrons. The molecule has 1 aliphatic heterocycles. The Kier molecular flexibility index (Phi) is 4.71. The van der Waals surface area contributed by atoms with Crippen LogP contribution >= 0.6 is 0 Å². The Morgan fingerprint density at radius 2 is 1.91 bits per heavy atom. The number of hydrogen-bond acceptors (Lipinski definition) is 3. The zero-order valence-corrected chi connectivity index (χ0v) is 12.4. The van der Waals surface area contributed by atoms with Gasteiger partial charge in [-0.25, -0.2) is 4.39 Å². The first-order valence-corrected chi connectivity index (χ1v) is 7.57. The van der Waals surface area contributed by atoms with Crippen LogP contribution in [0.2, 0.25) is 0 Å². The molecule has 0 spiro atoms.